The first-order chi connectivity index (χ1) is 6.43. The van der Waals surface area contributed by atoms with Crippen molar-refractivity contribution in [3.05, 3.63) is 30.1 Å². The Morgan fingerprint density at radius 3 is 1.69 bits per heavy atom. The van der Waals surface area contributed by atoms with Gasteiger partial charge in [0.05, 0.1) is 0 Å². The minimum Gasteiger partial charge on any atom is -0.652 e. The fourth-order valence-electron chi connectivity index (χ4n) is 0.635. The van der Waals surface area contributed by atoms with Gasteiger partial charge in [-0.25, -0.2) is 4.39 Å². The molecule has 0 unspecified atom stereocenters. The maximum atomic E-state index is 12.2. The molecule has 1 aromatic rings. The molecule has 0 aliphatic heterocycles. The van der Waals surface area contributed by atoms with Crippen LogP contribution in [0.4, 0.5) is 9.18 Å². The molecule has 0 aliphatic carbocycles. The van der Waals surface area contributed by atoms with E-state index in [9.17, 15) is 4.39 Å². The van der Waals surface area contributed by atoms with Crippen molar-refractivity contribution >= 4 is 18.7 Å². The van der Waals surface area contributed by atoms with Crippen molar-refractivity contribution in [3.8, 4) is 0 Å². The van der Waals surface area contributed by atoms with Crippen molar-refractivity contribution in [2.75, 3.05) is 0 Å². The molecule has 0 atom stereocenters. The summed E-state index contributed by atoms with van der Waals surface area (Å²) in [6.45, 7) is 0. The number of halogens is 1. The fourth-order valence-corrected chi connectivity index (χ4v) is 0.635. The minimum atomic E-state index is -2.33. The first-order valence-corrected chi connectivity index (χ1v) is 3.43. The summed E-state index contributed by atoms with van der Waals surface area (Å²) < 4.78 is 12.2. The third-order valence-corrected chi connectivity index (χ3v) is 1.17. The number of hydrogen-bond acceptors (Lipinski definition) is 5. The molecule has 0 saturated carbocycles. The number of carbonyl (C=O) groups is 1. The van der Waals surface area contributed by atoms with E-state index in [1.165, 1.54) is 24.3 Å². The van der Waals surface area contributed by atoms with Crippen molar-refractivity contribution in [1.29, 1.82) is 0 Å². The number of benzene rings is 1. The second-order valence-corrected chi connectivity index (χ2v) is 2.18. The van der Waals surface area contributed by atoms with Crippen LogP contribution >= 0.6 is 0 Å². The van der Waals surface area contributed by atoms with Crippen molar-refractivity contribution in [2.24, 2.45) is 0 Å². The van der Waals surface area contributed by atoms with Gasteiger partial charge in [-0.3, -0.25) is 0 Å². The second-order valence-electron chi connectivity index (χ2n) is 2.18. The molecule has 0 saturated heterocycles. The van der Waals surface area contributed by atoms with E-state index in [0.717, 1.165) is 0 Å². The van der Waals surface area contributed by atoms with Crippen LogP contribution < -0.4 is 118 Å². The molecule has 0 aliphatic rings. The number of rotatable bonds is 1. The van der Waals surface area contributed by atoms with Gasteiger partial charge in [0, 0.05) is 0 Å². The van der Waals surface area contributed by atoms with Crippen LogP contribution in [0.1, 0.15) is 0 Å². The summed E-state index contributed by atoms with van der Waals surface area (Å²) in [4.78, 5) is 8.33. The van der Waals surface area contributed by atoms with Gasteiger partial charge in [-0.05, 0) is 23.8 Å². The van der Waals surface area contributed by atoms with E-state index in [1.54, 1.807) is 0 Å². The SMILES string of the molecule is O=C([O-])[O-].OB(O)c1ccc(F)cc1.[K+].[K+]. The Hall–Kier alpha value is 1.68. The second kappa shape index (κ2) is 13.1. The van der Waals surface area contributed by atoms with E-state index in [-0.39, 0.29) is 109 Å². The van der Waals surface area contributed by atoms with Gasteiger partial charge in [0.1, 0.15) is 5.82 Å². The number of carboxylic acid groups (broad SMARTS) is 2. The summed E-state index contributed by atoms with van der Waals surface area (Å²) in [7, 11) is -1.51. The van der Waals surface area contributed by atoms with Gasteiger partial charge in [-0.1, -0.05) is 12.1 Å². The molecule has 0 bridgehead atoms. The zero-order valence-electron chi connectivity index (χ0n) is 8.88. The molecule has 76 valence electrons. The van der Waals surface area contributed by atoms with Crippen LogP contribution in [-0.2, 0) is 0 Å². The summed E-state index contributed by atoms with van der Waals surface area (Å²) >= 11 is 0. The molecular formula is C7H6BFK2O5. The Labute approximate surface area is 177 Å². The Morgan fingerprint density at radius 1 is 1.12 bits per heavy atom. The zero-order valence-corrected chi connectivity index (χ0v) is 15.1. The minimum absolute atomic E-state index is 0. The third kappa shape index (κ3) is 13.7. The number of carbonyl (C=O) groups excluding carboxylic acids is 1. The molecular weight excluding hydrogens is 272 g/mol. The van der Waals surface area contributed by atoms with E-state index in [2.05, 4.69) is 0 Å². The van der Waals surface area contributed by atoms with Gasteiger partial charge in [-0.15, -0.1) is 0 Å². The molecule has 0 heterocycles. The molecule has 16 heavy (non-hydrogen) atoms. The smallest absolute Gasteiger partial charge is 0.652 e. The zero-order chi connectivity index (χ0) is 11.1. The van der Waals surface area contributed by atoms with Crippen LogP contribution in [0, 0.1) is 5.82 Å². The normalized spacial score (nSPS) is 7.44. The maximum Gasteiger partial charge on any atom is 1.00 e. The molecule has 0 radical (unpaired) electrons. The van der Waals surface area contributed by atoms with Crippen molar-refractivity contribution in [1.82, 2.24) is 0 Å². The number of hydrogen-bond donors (Lipinski definition) is 2. The Bertz CT molecular complexity index is 291. The van der Waals surface area contributed by atoms with Crippen LogP contribution in [-0.4, -0.2) is 23.3 Å². The van der Waals surface area contributed by atoms with E-state index in [0.29, 0.717) is 5.46 Å². The molecule has 9 heteroatoms. The van der Waals surface area contributed by atoms with Crippen molar-refractivity contribution < 1.29 is 132 Å². The predicted octanol–water partition coefficient (Wildman–Crippen LogP) is -8.93. The van der Waals surface area contributed by atoms with E-state index >= 15 is 0 Å². The summed E-state index contributed by atoms with van der Waals surface area (Å²) in [6.07, 6.45) is -2.33. The van der Waals surface area contributed by atoms with Crippen molar-refractivity contribution in [2.45, 2.75) is 0 Å². The Balaban J connectivity index is -0.000000249. The molecule has 1 rings (SSSR count). The molecule has 0 amide bonds. The third-order valence-electron chi connectivity index (χ3n) is 1.17. The topological polar surface area (TPSA) is 104 Å². The van der Waals surface area contributed by atoms with Crippen LogP contribution in [0.2, 0.25) is 0 Å². The van der Waals surface area contributed by atoms with E-state index < -0.39 is 13.3 Å². The summed E-state index contributed by atoms with van der Waals surface area (Å²) in [5.74, 6) is -0.385. The summed E-state index contributed by atoms with van der Waals surface area (Å²) in [5.41, 5.74) is 0.293. The van der Waals surface area contributed by atoms with Gasteiger partial charge >= 0.3 is 110 Å². The first kappa shape index (κ1) is 22.8. The quantitative estimate of drug-likeness (QED) is 0.496. The van der Waals surface area contributed by atoms with Crippen molar-refractivity contribution in [3.63, 3.8) is 0 Å². The molecule has 0 spiro atoms. The molecule has 0 fully saturated rings. The molecule has 1 aromatic carbocycles. The van der Waals surface area contributed by atoms with Gasteiger partial charge in [0.25, 0.3) is 0 Å². The van der Waals surface area contributed by atoms with Crippen LogP contribution in [0.15, 0.2) is 24.3 Å². The average Bonchev–Trinajstić information content (AvgIpc) is 2.03. The van der Waals surface area contributed by atoms with Crippen LogP contribution in [0.3, 0.4) is 0 Å². The Morgan fingerprint density at radius 2 is 1.44 bits per heavy atom. The predicted molar refractivity (Wildman–Crippen MR) is 41.6 cm³/mol. The van der Waals surface area contributed by atoms with E-state index in [4.69, 9.17) is 25.1 Å². The maximum absolute atomic E-state index is 12.2. The standard InChI is InChI=1S/C6H6BFO2.CH2O3.2K/c8-6-3-1-5(2-4-6)7(9)10;2-1(3)4;;/h1-4,9-10H;(H2,2,3,4);;/q;;2*+1/p-2. The summed E-state index contributed by atoms with van der Waals surface area (Å²) in [5, 5.41) is 33.8. The van der Waals surface area contributed by atoms with Crippen LogP contribution in [0.25, 0.3) is 0 Å². The first-order valence-electron chi connectivity index (χ1n) is 3.43. The molecule has 2 N–H and O–H groups in total. The summed E-state index contributed by atoms with van der Waals surface area (Å²) in [6, 6.07) is 4.99. The van der Waals surface area contributed by atoms with Gasteiger partial charge in [0.2, 0.25) is 0 Å². The molecule has 5 nitrogen and oxygen atoms in total. The van der Waals surface area contributed by atoms with Gasteiger partial charge < -0.3 is 25.1 Å². The largest absolute Gasteiger partial charge is 1.00 e. The monoisotopic (exact) mass is 278 g/mol. The van der Waals surface area contributed by atoms with Gasteiger partial charge in [0.15, 0.2) is 0 Å². The molecule has 0 aromatic heterocycles. The van der Waals surface area contributed by atoms with Gasteiger partial charge in [-0.2, -0.15) is 0 Å². The Kier molecular flexibility index (Phi) is 18.7. The van der Waals surface area contributed by atoms with E-state index in [1.807, 2.05) is 0 Å². The van der Waals surface area contributed by atoms with Crippen LogP contribution in [0.5, 0.6) is 0 Å². The fraction of sp³-hybridized carbons (Fsp3) is 0. The average molecular weight is 278 g/mol.